The number of hydrogen-bond acceptors (Lipinski definition) is 5. The third-order valence-electron chi connectivity index (χ3n) is 2.29. The Hall–Kier alpha value is -1.59. The van der Waals surface area contributed by atoms with E-state index in [4.69, 9.17) is 10.8 Å². The second kappa shape index (κ2) is 4.96. The van der Waals surface area contributed by atoms with Crippen molar-refractivity contribution in [3.8, 4) is 5.75 Å². The van der Waals surface area contributed by atoms with Gasteiger partial charge in [0.15, 0.2) is 0 Å². The van der Waals surface area contributed by atoms with Gasteiger partial charge in [0, 0.05) is 5.56 Å². The molecule has 5 nitrogen and oxygen atoms in total. The van der Waals surface area contributed by atoms with Crippen molar-refractivity contribution < 1.29 is 19.7 Å². The zero-order valence-corrected chi connectivity index (χ0v) is 9.23. The maximum absolute atomic E-state index is 11.4. The summed E-state index contributed by atoms with van der Waals surface area (Å²) in [5.74, 6) is -0.869. The largest absolute Gasteiger partial charge is 0.507 e. The summed E-state index contributed by atoms with van der Waals surface area (Å²) in [5.41, 5.74) is 6.77. The molecule has 1 aromatic rings. The molecule has 1 aromatic carbocycles. The van der Waals surface area contributed by atoms with Crippen LogP contribution in [-0.4, -0.2) is 29.9 Å². The van der Waals surface area contributed by atoms with Crippen LogP contribution in [0.1, 0.15) is 27.5 Å². The number of aliphatic hydroxyl groups is 1. The summed E-state index contributed by atoms with van der Waals surface area (Å²) in [4.78, 5) is 11.4. The standard InChI is InChI=1S/C11H15NO4/c1-6-3-7(9(12)5-13)10(14)8(4-6)11(15)16-2/h3-4,9,13-14H,5,12H2,1-2H3/t9-/m1/s1. The second-order valence-corrected chi connectivity index (χ2v) is 3.53. The Balaban J connectivity index is 3.31. The molecule has 1 rings (SSSR count). The highest BCUT2D eigenvalue weighted by Crippen LogP contribution is 2.29. The average Bonchev–Trinajstić information content (AvgIpc) is 2.29. The number of benzene rings is 1. The number of rotatable bonds is 3. The molecule has 1 atom stereocenters. The summed E-state index contributed by atoms with van der Waals surface area (Å²) in [5, 5.41) is 18.8. The van der Waals surface area contributed by atoms with Crippen molar-refractivity contribution in [3.63, 3.8) is 0 Å². The third kappa shape index (κ3) is 2.32. The lowest BCUT2D eigenvalue weighted by Crippen LogP contribution is -2.16. The molecule has 5 heteroatoms. The van der Waals surface area contributed by atoms with Gasteiger partial charge in [0.2, 0.25) is 0 Å². The van der Waals surface area contributed by atoms with Crippen LogP contribution in [-0.2, 0) is 4.74 Å². The summed E-state index contributed by atoms with van der Waals surface area (Å²) in [6.07, 6.45) is 0. The van der Waals surface area contributed by atoms with Crippen LogP contribution in [0.15, 0.2) is 12.1 Å². The van der Waals surface area contributed by atoms with Crippen molar-refractivity contribution >= 4 is 5.97 Å². The summed E-state index contributed by atoms with van der Waals surface area (Å²) < 4.78 is 4.54. The molecular weight excluding hydrogens is 210 g/mol. The minimum atomic E-state index is -0.719. The molecule has 0 amide bonds. The fourth-order valence-electron chi connectivity index (χ4n) is 1.45. The quantitative estimate of drug-likeness (QED) is 0.650. The Kier molecular flexibility index (Phi) is 3.87. The van der Waals surface area contributed by atoms with E-state index in [0.29, 0.717) is 5.56 Å². The van der Waals surface area contributed by atoms with Crippen molar-refractivity contribution in [3.05, 3.63) is 28.8 Å². The van der Waals surface area contributed by atoms with Gasteiger partial charge in [-0.15, -0.1) is 0 Å². The Bertz CT molecular complexity index is 403. The number of nitrogens with two attached hydrogens (primary N) is 1. The lowest BCUT2D eigenvalue weighted by atomic mass is 10.00. The van der Waals surface area contributed by atoms with E-state index in [-0.39, 0.29) is 17.9 Å². The van der Waals surface area contributed by atoms with Gasteiger partial charge in [0.1, 0.15) is 11.3 Å². The van der Waals surface area contributed by atoms with Gasteiger partial charge in [-0.25, -0.2) is 4.79 Å². The zero-order chi connectivity index (χ0) is 12.3. The highest BCUT2D eigenvalue weighted by molar-refractivity contribution is 5.93. The zero-order valence-electron chi connectivity index (χ0n) is 9.23. The van der Waals surface area contributed by atoms with Gasteiger partial charge >= 0.3 is 5.97 Å². The first-order valence-corrected chi connectivity index (χ1v) is 4.79. The van der Waals surface area contributed by atoms with Crippen LogP contribution >= 0.6 is 0 Å². The van der Waals surface area contributed by atoms with Gasteiger partial charge in [-0.2, -0.15) is 0 Å². The van der Waals surface area contributed by atoms with Crippen molar-refractivity contribution in [2.45, 2.75) is 13.0 Å². The molecule has 0 saturated carbocycles. The van der Waals surface area contributed by atoms with Crippen molar-refractivity contribution in [2.24, 2.45) is 5.73 Å². The molecule has 0 heterocycles. The maximum atomic E-state index is 11.4. The van der Waals surface area contributed by atoms with E-state index in [9.17, 15) is 9.90 Å². The van der Waals surface area contributed by atoms with Crippen LogP contribution in [0.3, 0.4) is 0 Å². The normalized spacial score (nSPS) is 12.2. The molecule has 0 bridgehead atoms. The second-order valence-electron chi connectivity index (χ2n) is 3.53. The van der Waals surface area contributed by atoms with E-state index >= 15 is 0 Å². The molecule has 0 aliphatic rings. The number of carbonyl (C=O) groups excluding carboxylic acids is 1. The monoisotopic (exact) mass is 225 g/mol. The smallest absolute Gasteiger partial charge is 0.341 e. The first kappa shape index (κ1) is 12.5. The number of hydrogen-bond donors (Lipinski definition) is 3. The van der Waals surface area contributed by atoms with E-state index in [1.807, 2.05) is 0 Å². The Morgan fingerprint density at radius 2 is 2.19 bits per heavy atom. The lowest BCUT2D eigenvalue weighted by molar-refractivity contribution is 0.0597. The third-order valence-corrected chi connectivity index (χ3v) is 2.29. The molecule has 0 aromatic heterocycles. The number of ether oxygens (including phenoxy) is 1. The Morgan fingerprint density at radius 3 is 2.69 bits per heavy atom. The minimum absolute atomic E-state index is 0.0569. The van der Waals surface area contributed by atoms with Crippen LogP contribution in [0.25, 0.3) is 0 Å². The first-order valence-electron chi connectivity index (χ1n) is 4.79. The predicted molar refractivity (Wildman–Crippen MR) is 58.2 cm³/mol. The van der Waals surface area contributed by atoms with Gasteiger partial charge in [0.25, 0.3) is 0 Å². The molecular formula is C11H15NO4. The number of esters is 1. The number of aromatic hydroxyl groups is 1. The molecule has 0 fully saturated rings. The summed E-state index contributed by atoms with van der Waals surface area (Å²) >= 11 is 0. The predicted octanol–water partition coefficient (Wildman–Crippen LogP) is 0.479. The number of phenols is 1. The number of aryl methyl sites for hydroxylation is 1. The number of methoxy groups -OCH3 is 1. The van der Waals surface area contributed by atoms with Crippen LogP contribution < -0.4 is 5.73 Å². The molecule has 88 valence electrons. The minimum Gasteiger partial charge on any atom is -0.507 e. The van der Waals surface area contributed by atoms with Gasteiger partial charge in [0.05, 0.1) is 19.8 Å². The highest BCUT2D eigenvalue weighted by Gasteiger charge is 2.19. The molecule has 0 unspecified atom stereocenters. The fourth-order valence-corrected chi connectivity index (χ4v) is 1.45. The van der Waals surface area contributed by atoms with Crippen LogP contribution in [0.4, 0.5) is 0 Å². The molecule has 0 aliphatic heterocycles. The first-order chi connectivity index (χ1) is 7.51. The SMILES string of the molecule is COC(=O)c1cc(C)cc([C@H](N)CO)c1O. The fraction of sp³-hybridized carbons (Fsp3) is 0.364. The topological polar surface area (TPSA) is 92.8 Å². The van der Waals surface area contributed by atoms with Crippen LogP contribution in [0, 0.1) is 6.92 Å². The maximum Gasteiger partial charge on any atom is 0.341 e. The van der Waals surface area contributed by atoms with Crippen molar-refractivity contribution in [2.75, 3.05) is 13.7 Å². The van der Waals surface area contributed by atoms with Crippen LogP contribution in [0.5, 0.6) is 5.75 Å². The lowest BCUT2D eigenvalue weighted by Gasteiger charge is -2.14. The molecule has 0 radical (unpaired) electrons. The van der Waals surface area contributed by atoms with E-state index < -0.39 is 12.0 Å². The van der Waals surface area contributed by atoms with Gasteiger partial charge < -0.3 is 20.7 Å². The number of carbonyl (C=O) groups is 1. The van der Waals surface area contributed by atoms with E-state index in [1.165, 1.54) is 13.2 Å². The van der Waals surface area contributed by atoms with E-state index in [2.05, 4.69) is 4.74 Å². The van der Waals surface area contributed by atoms with Gasteiger partial charge in [-0.05, 0) is 18.6 Å². The van der Waals surface area contributed by atoms with Gasteiger partial charge in [-0.3, -0.25) is 0 Å². The van der Waals surface area contributed by atoms with Crippen molar-refractivity contribution in [1.29, 1.82) is 0 Å². The summed E-state index contributed by atoms with van der Waals surface area (Å²) in [6, 6.07) is 2.42. The summed E-state index contributed by atoms with van der Waals surface area (Å²) in [6.45, 7) is 1.46. The van der Waals surface area contributed by atoms with Crippen molar-refractivity contribution in [1.82, 2.24) is 0 Å². The average molecular weight is 225 g/mol. The molecule has 0 spiro atoms. The Labute approximate surface area is 93.5 Å². The molecule has 0 saturated heterocycles. The summed E-state index contributed by atoms with van der Waals surface area (Å²) in [7, 11) is 1.23. The molecule has 4 N–H and O–H groups in total. The molecule has 0 aliphatic carbocycles. The molecule has 16 heavy (non-hydrogen) atoms. The Morgan fingerprint density at radius 1 is 1.56 bits per heavy atom. The van der Waals surface area contributed by atoms with Gasteiger partial charge in [-0.1, -0.05) is 6.07 Å². The van der Waals surface area contributed by atoms with E-state index in [0.717, 1.165) is 5.56 Å². The number of phenolic OH excluding ortho intramolecular Hbond substituents is 1. The number of aliphatic hydroxyl groups excluding tert-OH is 1. The van der Waals surface area contributed by atoms with Crippen LogP contribution in [0.2, 0.25) is 0 Å². The van der Waals surface area contributed by atoms with E-state index in [1.54, 1.807) is 13.0 Å². The highest BCUT2D eigenvalue weighted by atomic mass is 16.5.